The summed E-state index contributed by atoms with van der Waals surface area (Å²) in [6.07, 6.45) is 0. The van der Waals surface area contributed by atoms with Gasteiger partial charge >= 0.3 is 0 Å². The van der Waals surface area contributed by atoms with E-state index in [-0.39, 0.29) is 12.5 Å². The highest BCUT2D eigenvalue weighted by Gasteiger charge is 2.09. The van der Waals surface area contributed by atoms with Crippen LogP contribution in [0.1, 0.15) is 28.5 Å². The van der Waals surface area contributed by atoms with Gasteiger partial charge in [-0.3, -0.25) is 0 Å². The summed E-state index contributed by atoms with van der Waals surface area (Å²) in [5.74, 6) is 1.94. The molecule has 0 saturated heterocycles. The summed E-state index contributed by atoms with van der Waals surface area (Å²) in [5.41, 5.74) is 3.42. The van der Waals surface area contributed by atoms with Crippen LogP contribution in [0.25, 0.3) is 0 Å². The molecule has 0 amide bonds. The maximum atomic E-state index is 5.75. The topological polar surface area (TPSA) is 48.2 Å². The third-order valence-electron chi connectivity index (χ3n) is 2.84. The third-order valence-corrected chi connectivity index (χ3v) is 3.07. The lowest BCUT2D eigenvalue weighted by Gasteiger charge is -2.12. The number of aryl methyl sites for hydroxylation is 2. The van der Waals surface area contributed by atoms with Crippen molar-refractivity contribution in [3.63, 3.8) is 0 Å². The molecule has 18 heavy (non-hydrogen) atoms. The van der Waals surface area contributed by atoms with E-state index in [1.54, 1.807) is 0 Å². The molecule has 0 aliphatic carbocycles. The lowest BCUT2D eigenvalue weighted by molar-refractivity contribution is 0.257. The molecule has 0 spiro atoms. The molecular weight excluding hydrogens is 252 g/mol. The average molecular weight is 267 g/mol. The molecule has 0 aliphatic heterocycles. The van der Waals surface area contributed by atoms with E-state index in [1.165, 1.54) is 5.56 Å². The van der Waals surface area contributed by atoms with E-state index in [0.717, 1.165) is 16.9 Å². The third kappa shape index (κ3) is 2.64. The van der Waals surface area contributed by atoms with Crippen LogP contribution in [0.4, 0.5) is 0 Å². The highest BCUT2D eigenvalue weighted by Crippen LogP contribution is 2.26. The van der Waals surface area contributed by atoms with Crippen LogP contribution in [0, 0.1) is 20.8 Å². The van der Waals surface area contributed by atoms with Gasteiger partial charge in [0.15, 0.2) is 6.61 Å². The largest absolute Gasteiger partial charge is 0.483 e. The number of benzene rings is 1. The maximum absolute atomic E-state index is 5.75. The minimum Gasteiger partial charge on any atom is -0.483 e. The Labute approximate surface area is 111 Å². The predicted molar refractivity (Wildman–Crippen MR) is 68.8 cm³/mol. The van der Waals surface area contributed by atoms with E-state index in [4.69, 9.17) is 20.8 Å². The van der Waals surface area contributed by atoms with Crippen LogP contribution in [0.5, 0.6) is 5.75 Å². The number of hydrogen-bond donors (Lipinski definition) is 0. The van der Waals surface area contributed by atoms with Gasteiger partial charge in [0.2, 0.25) is 5.89 Å². The van der Waals surface area contributed by atoms with Gasteiger partial charge in [0.25, 0.3) is 5.89 Å². The molecule has 1 heterocycles. The van der Waals surface area contributed by atoms with Crippen LogP contribution in [-0.4, -0.2) is 10.2 Å². The van der Waals surface area contributed by atoms with Gasteiger partial charge in [-0.05, 0) is 37.5 Å². The van der Waals surface area contributed by atoms with Crippen LogP contribution in [0.15, 0.2) is 16.5 Å². The molecule has 0 unspecified atom stereocenters. The zero-order valence-electron chi connectivity index (χ0n) is 10.7. The summed E-state index contributed by atoms with van der Waals surface area (Å²) in [5, 5.41) is 7.64. The first-order valence-electron chi connectivity index (χ1n) is 5.68. The van der Waals surface area contributed by atoms with E-state index in [2.05, 4.69) is 23.2 Å². The lowest BCUT2D eigenvalue weighted by atomic mass is 10.1. The van der Waals surface area contributed by atoms with E-state index in [1.807, 2.05) is 19.9 Å². The molecule has 0 N–H and O–H groups in total. The van der Waals surface area contributed by atoms with Crippen molar-refractivity contribution in [1.29, 1.82) is 0 Å². The van der Waals surface area contributed by atoms with Crippen LogP contribution in [-0.2, 0) is 12.5 Å². The van der Waals surface area contributed by atoms with E-state index < -0.39 is 0 Å². The van der Waals surface area contributed by atoms with E-state index in [9.17, 15) is 0 Å². The van der Waals surface area contributed by atoms with Gasteiger partial charge in [0.1, 0.15) is 11.6 Å². The van der Waals surface area contributed by atoms with Crippen LogP contribution in [0.2, 0.25) is 0 Å². The molecule has 2 rings (SSSR count). The normalized spacial score (nSPS) is 10.7. The second-order valence-corrected chi connectivity index (χ2v) is 4.43. The molecule has 2 aromatic rings. The molecule has 1 aromatic carbocycles. The molecule has 0 fully saturated rings. The Morgan fingerprint density at radius 1 is 1.11 bits per heavy atom. The Morgan fingerprint density at radius 3 is 2.44 bits per heavy atom. The second kappa shape index (κ2) is 5.40. The number of ether oxygens (including phenoxy) is 1. The average Bonchev–Trinajstić information content (AvgIpc) is 2.82. The van der Waals surface area contributed by atoms with Crippen molar-refractivity contribution >= 4 is 11.6 Å². The number of hydrogen-bond acceptors (Lipinski definition) is 4. The van der Waals surface area contributed by atoms with Gasteiger partial charge in [0, 0.05) is 0 Å². The summed E-state index contributed by atoms with van der Waals surface area (Å²) < 4.78 is 11.0. The minimum absolute atomic E-state index is 0.218. The summed E-state index contributed by atoms with van der Waals surface area (Å²) in [6, 6.07) is 4.12. The van der Waals surface area contributed by atoms with Gasteiger partial charge in [0.05, 0.1) is 0 Å². The molecule has 5 heteroatoms. The molecule has 0 saturated carbocycles. The van der Waals surface area contributed by atoms with Crippen molar-refractivity contribution in [2.75, 3.05) is 0 Å². The summed E-state index contributed by atoms with van der Waals surface area (Å²) >= 11 is 5.59. The van der Waals surface area contributed by atoms with Crippen molar-refractivity contribution in [3.05, 3.63) is 40.6 Å². The fourth-order valence-corrected chi connectivity index (χ4v) is 1.79. The Bertz CT molecular complexity index is 552. The zero-order valence-corrected chi connectivity index (χ0v) is 11.4. The van der Waals surface area contributed by atoms with Crippen molar-refractivity contribution < 1.29 is 9.15 Å². The number of nitrogens with zero attached hydrogens (tertiary/aromatic N) is 2. The molecule has 1 aromatic heterocycles. The standard InChI is InChI=1S/C13H15ClN2O2/c1-8-4-5-9(2)13(10(8)3)17-7-12-16-15-11(6-14)18-12/h4-5H,6-7H2,1-3H3. The molecule has 0 bridgehead atoms. The monoisotopic (exact) mass is 266 g/mol. The Kier molecular flexibility index (Phi) is 3.87. The van der Waals surface area contributed by atoms with Crippen LogP contribution in [0.3, 0.4) is 0 Å². The van der Waals surface area contributed by atoms with Crippen LogP contribution >= 0.6 is 11.6 Å². The van der Waals surface area contributed by atoms with Crippen molar-refractivity contribution in [1.82, 2.24) is 10.2 Å². The number of rotatable bonds is 4. The number of alkyl halides is 1. The molecule has 0 atom stereocenters. The van der Waals surface area contributed by atoms with Gasteiger partial charge < -0.3 is 9.15 Å². The van der Waals surface area contributed by atoms with Gasteiger partial charge in [-0.2, -0.15) is 0 Å². The predicted octanol–water partition coefficient (Wildman–Crippen LogP) is 3.31. The van der Waals surface area contributed by atoms with Crippen molar-refractivity contribution in [2.24, 2.45) is 0 Å². The Morgan fingerprint density at radius 2 is 1.78 bits per heavy atom. The lowest BCUT2D eigenvalue weighted by Crippen LogP contribution is -2.00. The minimum atomic E-state index is 0.218. The Balaban J connectivity index is 2.12. The molecule has 4 nitrogen and oxygen atoms in total. The first kappa shape index (κ1) is 12.9. The second-order valence-electron chi connectivity index (χ2n) is 4.17. The van der Waals surface area contributed by atoms with Crippen molar-refractivity contribution in [3.8, 4) is 5.75 Å². The first-order chi connectivity index (χ1) is 8.61. The smallest absolute Gasteiger partial charge is 0.253 e. The molecule has 0 radical (unpaired) electrons. The van der Waals surface area contributed by atoms with Crippen molar-refractivity contribution in [2.45, 2.75) is 33.3 Å². The highest BCUT2D eigenvalue weighted by molar-refractivity contribution is 6.16. The van der Waals surface area contributed by atoms with Gasteiger partial charge in [-0.1, -0.05) is 12.1 Å². The number of aromatic nitrogens is 2. The highest BCUT2D eigenvalue weighted by atomic mass is 35.5. The van der Waals surface area contributed by atoms with E-state index in [0.29, 0.717) is 11.8 Å². The molecule has 96 valence electrons. The molecular formula is C13H15ClN2O2. The Hall–Kier alpha value is -1.55. The first-order valence-corrected chi connectivity index (χ1v) is 6.22. The SMILES string of the molecule is Cc1ccc(C)c(OCc2nnc(CCl)o2)c1C. The number of halogens is 1. The summed E-state index contributed by atoms with van der Waals surface area (Å²) in [6.45, 7) is 6.37. The maximum Gasteiger partial charge on any atom is 0.253 e. The van der Waals surface area contributed by atoms with Gasteiger partial charge in [-0.15, -0.1) is 21.8 Å². The van der Waals surface area contributed by atoms with E-state index >= 15 is 0 Å². The quantitative estimate of drug-likeness (QED) is 0.797. The summed E-state index contributed by atoms with van der Waals surface area (Å²) in [4.78, 5) is 0. The fourth-order valence-electron chi connectivity index (χ4n) is 1.68. The van der Waals surface area contributed by atoms with Gasteiger partial charge in [-0.25, -0.2) is 0 Å². The van der Waals surface area contributed by atoms with Crippen LogP contribution < -0.4 is 4.74 Å². The molecule has 0 aliphatic rings. The summed E-state index contributed by atoms with van der Waals surface area (Å²) in [7, 11) is 0. The fraction of sp³-hybridized carbons (Fsp3) is 0.385. The zero-order chi connectivity index (χ0) is 13.1.